The predicted molar refractivity (Wildman–Crippen MR) is 188 cm³/mol. The minimum Gasteiger partial charge on any atom is -0.481 e. The summed E-state index contributed by atoms with van der Waals surface area (Å²) in [5.41, 5.74) is 4.60. The third-order valence-electron chi connectivity index (χ3n) is 9.96. The highest BCUT2D eigenvalue weighted by atomic mass is 35.5. The van der Waals surface area contributed by atoms with Crippen LogP contribution in [0.5, 0.6) is 11.8 Å². The number of hydrogen-bond acceptors (Lipinski definition) is 7. The van der Waals surface area contributed by atoms with Crippen molar-refractivity contribution >= 4 is 17.6 Å². The maximum Gasteiger partial charge on any atom is 0.418 e. The number of hydrogen-bond donors (Lipinski definition) is 2. The Morgan fingerprint density at radius 1 is 1.02 bits per heavy atom. The topological polar surface area (TPSA) is 105 Å². The van der Waals surface area contributed by atoms with E-state index in [1.54, 1.807) is 7.11 Å². The minimum absolute atomic E-state index is 0.0618. The molecule has 270 valence electrons. The second kappa shape index (κ2) is 14.4. The molecule has 6 rings (SSSR count). The fraction of sp³-hybridized carbons (Fsp3) is 0.410. The Balaban J connectivity index is 1.28. The van der Waals surface area contributed by atoms with Crippen molar-refractivity contribution in [3.63, 3.8) is 0 Å². The lowest BCUT2D eigenvalue weighted by Gasteiger charge is -2.44. The minimum atomic E-state index is -4.65. The number of β-amino-alcohol motifs (C(OH)–C–C–N with tert-alkyl or cyclic N) is 1. The van der Waals surface area contributed by atoms with Crippen LogP contribution in [0.4, 0.5) is 13.2 Å². The first kappa shape index (κ1) is 36.6. The van der Waals surface area contributed by atoms with E-state index in [4.69, 9.17) is 26.1 Å². The van der Waals surface area contributed by atoms with Crippen molar-refractivity contribution in [1.29, 1.82) is 0 Å². The number of carboxylic acid groups (broad SMARTS) is 1. The van der Waals surface area contributed by atoms with Gasteiger partial charge in [0.05, 0.1) is 47.7 Å². The molecule has 8 nitrogen and oxygen atoms in total. The number of halogens is 4. The number of likely N-dealkylation sites (tertiary alicyclic amines) is 1. The first-order valence-electron chi connectivity index (χ1n) is 17.0. The summed E-state index contributed by atoms with van der Waals surface area (Å²) in [6, 6.07) is 16.5. The van der Waals surface area contributed by atoms with Crippen molar-refractivity contribution in [3.05, 3.63) is 93.1 Å². The quantitative estimate of drug-likeness (QED) is 0.152. The maximum absolute atomic E-state index is 14.4. The van der Waals surface area contributed by atoms with Gasteiger partial charge in [-0.05, 0) is 73.8 Å². The Kier molecular flexibility index (Phi) is 10.4. The highest BCUT2D eigenvalue weighted by molar-refractivity contribution is 6.36. The number of carbonyl (C=O) groups is 1. The fourth-order valence-corrected chi connectivity index (χ4v) is 7.71. The van der Waals surface area contributed by atoms with E-state index < -0.39 is 29.2 Å². The third-order valence-corrected chi connectivity index (χ3v) is 10.4. The summed E-state index contributed by atoms with van der Waals surface area (Å²) in [5, 5.41) is 19.9. The number of aliphatic carboxylic acids is 1. The zero-order valence-corrected chi connectivity index (χ0v) is 29.7. The molecule has 2 atom stereocenters. The molecule has 51 heavy (non-hydrogen) atoms. The summed E-state index contributed by atoms with van der Waals surface area (Å²) in [6.45, 7) is 5.08. The number of carboxylic acids is 1. The highest BCUT2D eigenvalue weighted by Gasteiger charge is 2.38. The number of alkyl halides is 3. The molecule has 0 bridgehead atoms. The molecule has 2 aliphatic rings. The van der Waals surface area contributed by atoms with Crippen LogP contribution < -0.4 is 9.47 Å². The van der Waals surface area contributed by atoms with Gasteiger partial charge in [-0.3, -0.25) is 9.69 Å². The van der Waals surface area contributed by atoms with E-state index in [0.717, 1.165) is 39.4 Å². The van der Waals surface area contributed by atoms with Crippen LogP contribution in [0.1, 0.15) is 66.1 Å². The Morgan fingerprint density at radius 2 is 1.69 bits per heavy atom. The van der Waals surface area contributed by atoms with Gasteiger partial charge in [0.25, 0.3) is 0 Å². The number of pyridine rings is 2. The standard InChI is InChI=1S/C39H41ClF3N3O5/c1-22(37(47)48)11-12-24-17-31(39(41,42)43)33(45-35(24)50-3)18-23-13-15-28-26(23)7-5-8-27(28)29-9-6-10-30(34(29)40)32-16-14-25(36(44-32)51-4)19-46-20-38(2,49)21-46/h5-10,14,16-17,22-23,49H,11-13,15,18-21H2,1-4H3,(H,47,48)/t22-,23-/m1/s1. The molecular weight excluding hydrogens is 683 g/mol. The lowest BCUT2D eigenvalue weighted by molar-refractivity contribution is -0.141. The van der Waals surface area contributed by atoms with Crippen LogP contribution in [0.2, 0.25) is 5.02 Å². The van der Waals surface area contributed by atoms with Gasteiger partial charge in [0.1, 0.15) is 0 Å². The van der Waals surface area contributed by atoms with Gasteiger partial charge < -0.3 is 19.7 Å². The molecule has 2 aromatic heterocycles. The number of methoxy groups -OCH3 is 2. The zero-order chi connectivity index (χ0) is 36.7. The Bertz CT molecular complexity index is 1940. The molecule has 0 saturated carbocycles. The van der Waals surface area contributed by atoms with E-state index in [2.05, 4.69) is 9.88 Å². The molecule has 12 heteroatoms. The second-order valence-electron chi connectivity index (χ2n) is 13.9. The SMILES string of the molecule is COc1nc(-c2cccc(-c3cccc4c3CC[C@@H]4Cc3nc(OC)c(CC[C@@H](C)C(=O)O)cc3C(F)(F)F)c2Cl)ccc1CN1CC(C)(O)C1. The van der Waals surface area contributed by atoms with Gasteiger partial charge in [0.15, 0.2) is 0 Å². The Hall–Kier alpha value is -4.19. The molecule has 4 aromatic rings. The number of aryl methyl sites for hydroxylation is 1. The van der Waals surface area contributed by atoms with Crippen LogP contribution in [0.3, 0.4) is 0 Å². The Morgan fingerprint density at radius 3 is 2.35 bits per heavy atom. The molecule has 1 fully saturated rings. The highest BCUT2D eigenvalue weighted by Crippen LogP contribution is 2.45. The van der Waals surface area contributed by atoms with Crippen LogP contribution in [-0.4, -0.2) is 64.0 Å². The summed E-state index contributed by atoms with van der Waals surface area (Å²) < 4.78 is 54.3. The molecule has 0 spiro atoms. The molecule has 2 aromatic carbocycles. The molecule has 2 N–H and O–H groups in total. The van der Waals surface area contributed by atoms with E-state index in [1.807, 2.05) is 55.5 Å². The van der Waals surface area contributed by atoms with Crippen molar-refractivity contribution in [2.45, 2.75) is 70.2 Å². The summed E-state index contributed by atoms with van der Waals surface area (Å²) >= 11 is 7.11. The molecule has 0 unspecified atom stereocenters. The van der Waals surface area contributed by atoms with Crippen molar-refractivity contribution < 1.29 is 37.7 Å². The van der Waals surface area contributed by atoms with Crippen LogP contribution >= 0.6 is 11.6 Å². The van der Waals surface area contributed by atoms with Gasteiger partial charge >= 0.3 is 12.1 Å². The molecule has 0 radical (unpaired) electrons. The lowest BCUT2D eigenvalue weighted by Crippen LogP contribution is -2.59. The molecule has 1 saturated heterocycles. The van der Waals surface area contributed by atoms with Crippen molar-refractivity contribution in [1.82, 2.24) is 14.9 Å². The fourth-order valence-electron chi connectivity index (χ4n) is 7.39. The number of ether oxygens (including phenoxy) is 2. The zero-order valence-electron chi connectivity index (χ0n) is 29.0. The first-order chi connectivity index (χ1) is 24.2. The van der Waals surface area contributed by atoms with Crippen LogP contribution in [-0.2, 0) is 36.8 Å². The molecular formula is C39H41ClF3N3O5. The number of fused-ring (bicyclic) bond motifs is 1. The average Bonchev–Trinajstić information content (AvgIpc) is 3.49. The summed E-state index contributed by atoms with van der Waals surface area (Å²) in [6.07, 6.45) is -3.04. The Labute approximate surface area is 300 Å². The smallest absolute Gasteiger partial charge is 0.418 e. The van der Waals surface area contributed by atoms with Crippen molar-refractivity contribution in [2.75, 3.05) is 27.3 Å². The summed E-state index contributed by atoms with van der Waals surface area (Å²) in [7, 11) is 2.93. The summed E-state index contributed by atoms with van der Waals surface area (Å²) in [5.74, 6) is -1.38. The van der Waals surface area contributed by atoms with Crippen molar-refractivity contribution in [3.8, 4) is 34.1 Å². The van der Waals surface area contributed by atoms with Gasteiger partial charge in [0, 0.05) is 41.9 Å². The number of aliphatic hydroxyl groups is 1. The summed E-state index contributed by atoms with van der Waals surface area (Å²) in [4.78, 5) is 22.6. The first-order valence-corrected chi connectivity index (χ1v) is 17.3. The molecule has 1 aliphatic heterocycles. The number of nitrogens with zero attached hydrogens (tertiary/aromatic N) is 3. The lowest BCUT2D eigenvalue weighted by atomic mass is 9.90. The number of aromatic nitrogens is 2. The molecule has 3 heterocycles. The number of benzene rings is 2. The number of rotatable bonds is 12. The van der Waals surface area contributed by atoms with E-state index in [1.165, 1.54) is 14.0 Å². The van der Waals surface area contributed by atoms with Gasteiger partial charge in [0.2, 0.25) is 11.8 Å². The van der Waals surface area contributed by atoms with Gasteiger partial charge in [-0.15, -0.1) is 0 Å². The van der Waals surface area contributed by atoms with Crippen LogP contribution in [0, 0.1) is 5.92 Å². The van der Waals surface area contributed by atoms with E-state index in [9.17, 15) is 28.2 Å². The van der Waals surface area contributed by atoms with Crippen LogP contribution in [0.15, 0.2) is 54.6 Å². The maximum atomic E-state index is 14.4. The molecule has 1 aliphatic carbocycles. The van der Waals surface area contributed by atoms with Gasteiger partial charge in [-0.25, -0.2) is 9.97 Å². The van der Waals surface area contributed by atoms with Crippen LogP contribution in [0.25, 0.3) is 22.4 Å². The average molecular weight is 724 g/mol. The van der Waals surface area contributed by atoms with Crippen molar-refractivity contribution in [2.24, 2.45) is 5.92 Å². The largest absolute Gasteiger partial charge is 0.481 e. The monoisotopic (exact) mass is 723 g/mol. The van der Waals surface area contributed by atoms with Gasteiger partial charge in [-0.2, -0.15) is 13.2 Å². The van der Waals surface area contributed by atoms with E-state index in [-0.39, 0.29) is 42.3 Å². The molecule has 0 amide bonds. The third kappa shape index (κ3) is 7.71. The second-order valence-corrected chi connectivity index (χ2v) is 14.3. The normalized spacial score (nSPS) is 17.5. The van der Waals surface area contributed by atoms with Gasteiger partial charge in [-0.1, -0.05) is 61.0 Å². The predicted octanol–water partition coefficient (Wildman–Crippen LogP) is 7.99. The van der Waals surface area contributed by atoms with E-state index >= 15 is 0 Å². The van der Waals surface area contributed by atoms with E-state index in [0.29, 0.717) is 49.1 Å².